The van der Waals surface area contributed by atoms with E-state index < -0.39 is 0 Å². The van der Waals surface area contributed by atoms with Gasteiger partial charge in [-0.05, 0) is 33.1 Å². The second kappa shape index (κ2) is 9.63. The van der Waals surface area contributed by atoms with Crippen LogP contribution in [0.5, 0.6) is 0 Å². The van der Waals surface area contributed by atoms with Gasteiger partial charge in [0.05, 0.1) is 12.5 Å². The first-order chi connectivity index (χ1) is 8.51. The van der Waals surface area contributed by atoms with Gasteiger partial charge in [-0.1, -0.05) is 11.6 Å². The van der Waals surface area contributed by atoms with Crippen molar-refractivity contribution in [1.82, 2.24) is 0 Å². The summed E-state index contributed by atoms with van der Waals surface area (Å²) >= 11 is 0. The van der Waals surface area contributed by atoms with Crippen LogP contribution in [-0.2, 0) is 14.3 Å². The van der Waals surface area contributed by atoms with E-state index in [9.17, 15) is 9.59 Å². The number of esters is 1. The van der Waals surface area contributed by atoms with Gasteiger partial charge in [-0.25, -0.2) is 0 Å². The normalized spacial score (nSPS) is 11.7. The van der Waals surface area contributed by atoms with Gasteiger partial charge in [0.1, 0.15) is 5.78 Å². The molecule has 0 saturated heterocycles. The fourth-order valence-electron chi connectivity index (χ4n) is 1.69. The van der Waals surface area contributed by atoms with Crippen molar-refractivity contribution in [3.63, 3.8) is 0 Å². The lowest BCUT2D eigenvalue weighted by atomic mass is 9.96. The maximum Gasteiger partial charge on any atom is 0.309 e. The van der Waals surface area contributed by atoms with Crippen molar-refractivity contribution in [1.29, 1.82) is 0 Å². The molecule has 0 spiro atoms. The SMILES string of the molecule is C=CCC(CC(=O)CCCC(=C)C)C(=O)OCC. The number of ether oxygens (including phenoxy) is 1. The van der Waals surface area contributed by atoms with E-state index in [4.69, 9.17) is 4.74 Å². The van der Waals surface area contributed by atoms with Crippen LogP contribution in [0.1, 0.15) is 46.0 Å². The van der Waals surface area contributed by atoms with E-state index in [2.05, 4.69) is 13.2 Å². The summed E-state index contributed by atoms with van der Waals surface area (Å²) in [7, 11) is 0. The summed E-state index contributed by atoms with van der Waals surface area (Å²) < 4.78 is 4.95. The highest BCUT2D eigenvalue weighted by molar-refractivity contribution is 5.84. The van der Waals surface area contributed by atoms with Crippen LogP contribution in [-0.4, -0.2) is 18.4 Å². The Morgan fingerprint density at radius 3 is 2.50 bits per heavy atom. The predicted octanol–water partition coefficient (Wildman–Crippen LogP) is 3.45. The zero-order valence-electron chi connectivity index (χ0n) is 11.5. The van der Waals surface area contributed by atoms with Gasteiger partial charge in [-0.2, -0.15) is 0 Å². The monoisotopic (exact) mass is 252 g/mol. The molecular weight excluding hydrogens is 228 g/mol. The number of carbonyl (C=O) groups is 2. The summed E-state index contributed by atoms with van der Waals surface area (Å²) in [5.41, 5.74) is 1.08. The maximum atomic E-state index is 11.7. The van der Waals surface area contributed by atoms with Gasteiger partial charge in [0.2, 0.25) is 0 Å². The third kappa shape index (κ3) is 7.82. The van der Waals surface area contributed by atoms with Gasteiger partial charge >= 0.3 is 5.97 Å². The minimum absolute atomic E-state index is 0.108. The van der Waals surface area contributed by atoms with Crippen molar-refractivity contribution in [3.05, 3.63) is 24.8 Å². The Labute approximate surface area is 110 Å². The zero-order valence-corrected chi connectivity index (χ0v) is 11.5. The molecule has 1 atom stereocenters. The molecule has 0 heterocycles. The number of rotatable bonds is 10. The van der Waals surface area contributed by atoms with Crippen LogP contribution >= 0.6 is 0 Å². The molecule has 0 aromatic heterocycles. The first-order valence-corrected chi connectivity index (χ1v) is 6.44. The zero-order chi connectivity index (χ0) is 14.0. The van der Waals surface area contributed by atoms with Crippen LogP contribution in [0.25, 0.3) is 0 Å². The molecule has 0 amide bonds. The Balaban J connectivity index is 4.14. The highest BCUT2D eigenvalue weighted by Gasteiger charge is 2.21. The van der Waals surface area contributed by atoms with Gasteiger partial charge in [-0.3, -0.25) is 9.59 Å². The molecule has 0 aliphatic heterocycles. The first-order valence-electron chi connectivity index (χ1n) is 6.44. The van der Waals surface area contributed by atoms with Crippen LogP contribution in [0, 0.1) is 5.92 Å². The predicted molar refractivity (Wildman–Crippen MR) is 73.2 cm³/mol. The van der Waals surface area contributed by atoms with Gasteiger partial charge in [-0.15, -0.1) is 13.2 Å². The van der Waals surface area contributed by atoms with Gasteiger partial charge in [0, 0.05) is 12.8 Å². The van der Waals surface area contributed by atoms with Crippen molar-refractivity contribution in [3.8, 4) is 0 Å². The average molecular weight is 252 g/mol. The second-order valence-electron chi connectivity index (χ2n) is 4.53. The molecule has 3 heteroatoms. The standard InChI is InChI=1S/C15H24O3/c1-5-8-13(15(17)18-6-2)11-14(16)10-7-9-12(3)4/h5,13H,1,3,6-11H2,2,4H3. The molecule has 0 N–H and O–H groups in total. The van der Waals surface area contributed by atoms with E-state index in [0.717, 1.165) is 18.4 Å². The first kappa shape index (κ1) is 16.6. The number of ketones is 1. The summed E-state index contributed by atoms with van der Waals surface area (Å²) in [5, 5.41) is 0. The quantitative estimate of drug-likeness (QED) is 0.442. The van der Waals surface area contributed by atoms with Crippen LogP contribution in [0.4, 0.5) is 0 Å². The molecule has 102 valence electrons. The van der Waals surface area contributed by atoms with E-state index in [1.54, 1.807) is 13.0 Å². The van der Waals surface area contributed by atoms with E-state index in [1.807, 2.05) is 6.92 Å². The molecule has 0 radical (unpaired) electrons. The molecule has 0 aliphatic carbocycles. The Kier molecular flexibility index (Phi) is 8.89. The molecule has 0 saturated carbocycles. The maximum absolute atomic E-state index is 11.7. The fourth-order valence-corrected chi connectivity index (χ4v) is 1.69. The summed E-state index contributed by atoms with van der Waals surface area (Å²) in [6, 6.07) is 0. The Hall–Kier alpha value is -1.38. The second-order valence-corrected chi connectivity index (χ2v) is 4.53. The van der Waals surface area contributed by atoms with E-state index in [-0.39, 0.29) is 24.1 Å². The smallest absolute Gasteiger partial charge is 0.309 e. The number of hydrogen-bond acceptors (Lipinski definition) is 3. The van der Waals surface area contributed by atoms with Crippen LogP contribution < -0.4 is 0 Å². The molecule has 0 aromatic rings. The molecule has 0 rings (SSSR count). The lowest BCUT2D eigenvalue weighted by Crippen LogP contribution is -2.20. The van der Waals surface area contributed by atoms with E-state index in [1.165, 1.54) is 0 Å². The lowest BCUT2D eigenvalue weighted by Gasteiger charge is -2.12. The third-order valence-corrected chi connectivity index (χ3v) is 2.60. The molecule has 0 bridgehead atoms. The summed E-state index contributed by atoms with van der Waals surface area (Å²) in [5.74, 6) is -0.568. The average Bonchev–Trinajstić information content (AvgIpc) is 2.28. The van der Waals surface area contributed by atoms with E-state index in [0.29, 0.717) is 19.4 Å². The summed E-state index contributed by atoms with van der Waals surface area (Å²) in [6.07, 6.45) is 4.56. The summed E-state index contributed by atoms with van der Waals surface area (Å²) in [6.45, 7) is 11.5. The fraction of sp³-hybridized carbons (Fsp3) is 0.600. The molecule has 18 heavy (non-hydrogen) atoms. The number of Topliss-reactive ketones (excluding diaryl/α,β-unsaturated/α-hetero) is 1. The Morgan fingerprint density at radius 1 is 1.33 bits per heavy atom. The minimum Gasteiger partial charge on any atom is -0.466 e. The van der Waals surface area contributed by atoms with Crippen molar-refractivity contribution in [2.24, 2.45) is 5.92 Å². The molecule has 0 fully saturated rings. The third-order valence-electron chi connectivity index (χ3n) is 2.60. The number of hydrogen-bond donors (Lipinski definition) is 0. The highest BCUT2D eigenvalue weighted by atomic mass is 16.5. The van der Waals surface area contributed by atoms with Gasteiger partial charge < -0.3 is 4.74 Å². The largest absolute Gasteiger partial charge is 0.466 e. The number of allylic oxidation sites excluding steroid dienone is 2. The van der Waals surface area contributed by atoms with Crippen molar-refractivity contribution in [2.45, 2.75) is 46.0 Å². The number of carbonyl (C=O) groups excluding carboxylic acids is 2. The van der Waals surface area contributed by atoms with Crippen molar-refractivity contribution >= 4 is 11.8 Å². The molecule has 1 unspecified atom stereocenters. The van der Waals surface area contributed by atoms with Crippen LogP contribution in [0.15, 0.2) is 24.8 Å². The topological polar surface area (TPSA) is 43.4 Å². The molecule has 0 aromatic carbocycles. The minimum atomic E-state index is -0.375. The molecule has 3 nitrogen and oxygen atoms in total. The molecule has 0 aliphatic rings. The Morgan fingerprint density at radius 2 is 2.00 bits per heavy atom. The van der Waals surface area contributed by atoms with Gasteiger partial charge in [0.25, 0.3) is 0 Å². The van der Waals surface area contributed by atoms with Crippen LogP contribution in [0.3, 0.4) is 0 Å². The van der Waals surface area contributed by atoms with Gasteiger partial charge in [0.15, 0.2) is 0 Å². The lowest BCUT2D eigenvalue weighted by molar-refractivity contribution is -0.149. The van der Waals surface area contributed by atoms with Crippen molar-refractivity contribution in [2.75, 3.05) is 6.61 Å². The molecular formula is C15H24O3. The van der Waals surface area contributed by atoms with E-state index >= 15 is 0 Å². The highest BCUT2D eigenvalue weighted by Crippen LogP contribution is 2.15. The van der Waals surface area contributed by atoms with Crippen LogP contribution in [0.2, 0.25) is 0 Å². The van der Waals surface area contributed by atoms with Crippen molar-refractivity contribution < 1.29 is 14.3 Å². The summed E-state index contributed by atoms with van der Waals surface area (Å²) in [4.78, 5) is 23.4. The Bertz CT molecular complexity index is 305.